The van der Waals surface area contributed by atoms with E-state index in [0.717, 1.165) is 6.07 Å². The van der Waals surface area contributed by atoms with Crippen molar-refractivity contribution in [1.82, 2.24) is 0 Å². The fourth-order valence-electron chi connectivity index (χ4n) is 1.33. The summed E-state index contributed by atoms with van der Waals surface area (Å²) in [6.07, 6.45) is -6.47. The van der Waals surface area contributed by atoms with Gasteiger partial charge in [0, 0.05) is 6.42 Å². The highest BCUT2D eigenvalue weighted by Crippen LogP contribution is 2.22. The summed E-state index contributed by atoms with van der Waals surface area (Å²) in [6.45, 7) is 0. The smallest absolute Gasteiger partial charge is 0.395 e. The van der Waals surface area contributed by atoms with Crippen molar-refractivity contribution in [2.45, 2.75) is 19.0 Å². The van der Waals surface area contributed by atoms with Crippen LogP contribution >= 0.6 is 0 Å². The van der Waals surface area contributed by atoms with E-state index in [9.17, 15) is 22.4 Å². The van der Waals surface area contributed by atoms with Crippen LogP contribution in [0.5, 0.6) is 5.75 Å². The Balaban J connectivity index is 2.69. The predicted molar refractivity (Wildman–Crippen MR) is 52.3 cm³/mol. The maximum atomic E-state index is 13.2. The number of benzene rings is 1. The zero-order valence-electron chi connectivity index (χ0n) is 8.97. The Hall–Kier alpha value is -1.59. The lowest BCUT2D eigenvalue weighted by Gasteiger charge is -2.06. The normalized spacial score (nSPS) is 11.4. The molecular weight excluding hydrogens is 240 g/mol. The molecule has 0 amide bonds. The van der Waals surface area contributed by atoms with E-state index in [-0.39, 0.29) is 11.3 Å². The number of hydrogen-bond donors (Lipinski definition) is 0. The fraction of sp³-hybridized carbons (Fsp3) is 0.364. The highest BCUT2D eigenvalue weighted by Gasteiger charge is 2.30. The first-order valence-electron chi connectivity index (χ1n) is 4.72. The molecule has 0 atom stereocenters. The third-order valence-electron chi connectivity index (χ3n) is 2.02. The highest BCUT2D eigenvalue weighted by molar-refractivity contribution is 5.81. The predicted octanol–water partition coefficient (Wildman–Crippen LogP) is 2.90. The number of carbonyl (C=O) groups is 1. The number of rotatable bonds is 4. The first-order valence-corrected chi connectivity index (χ1v) is 4.72. The van der Waals surface area contributed by atoms with Crippen LogP contribution in [-0.2, 0) is 11.2 Å². The van der Waals surface area contributed by atoms with E-state index in [2.05, 4.69) is 4.74 Å². The monoisotopic (exact) mass is 250 g/mol. The van der Waals surface area contributed by atoms with Gasteiger partial charge in [0.25, 0.3) is 0 Å². The van der Waals surface area contributed by atoms with Crippen molar-refractivity contribution in [1.29, 1.82) is 0 Å². The van der Waals surface area contributed by atoms with E-state index >= 15 is 0 Å². The molecule has 0 heterocycles. The van der Waals surface area contributed by atoms with E-state index in [0.29, 0.717) is 0 Å². The van der Waals surface area contributed by atoms with Crippen LogP contribution in [0.4, 0.5) is 17.6 Å². The van der Waals surface area contributed by atoms with E-state index in [4.69, 9.17) is 0 Å². The summed E-state index contributed by atoms with van der Waals surface area (Å²) in [5.74, 6) is -1.72. The molecule has 0 aliphatic heterocycles. The third-order valence-corrected chi connectivity index (χ3v) is 2.02. The first kappa shape index (κ1) is 13.5. The van der Waals surface area contributed by atoms with Gasteiger partial charge in [-0.05, 0) is 17.7 Å². The van der Waals surface area contributed by atoms with Gasteiger partial charge in [-0.25, -0.2) is 4.39 Å². The van der Waals surface area contributed by atoms with Crippen LogP contribution < -0.4 is 4.74 Å². The summed E-state index contributed by atoms with van der Waals surface area (Å²) in [7, 11) is 1.27. The molecule has 0 aliphatic carbocycles. The minimum Gasteiger partial charge on any atom is -0.494 e. The van der Waals surface area contributed by atoms with Crippen LogP contribution in [0, 0.1) is 5.82 Å². The maximum absolute atomic E-state index is 13.2. The van der Waals surface area contributed by atoms with Gasteiger partial charge in [-0.3, -0.25) is 4.79 Å². The minimum atomic E-state index is -4.53. The fourth-order valence-corrected chi connectivity index (χ4v) is 1.33. The van der Waals surface area contributed by atoms with Crippen molar-refractivity contribution in [2.75, 3.05) is 7.11 Å². The molecular formula is C11H10F4O2. The summed E-state index contributed by atoms with van der Waals surface area (Å²) in [5.41, 5.74) is 0.192. The van der Waals surface area contributed by atoms with Gasteiger partial charge in [0.15, 0.2) is 11.6 Å². The summed E-state index contributed by atoms with van der Waals surface area (Å²) < 4.78 is 53.5. The van der Waals surface area contributed by atoms with E-state index in [1.54, 1.807) is 0 Å². The average Bonchev–Trinajstić information content (AvgIpc) is 2.14. The summed E-state index contributed by atoms with van der Waals surface area (Å²) in [6, 6.07) is 3.62. The van der Waals surface area contributed by atoms with Crippen LogP contribution in [0.1, 0.15) is 12.0 Å². The molecule has 0 radical (unpaired) electrons. The average molecular weight is 250 g/mol. The Bertz CT molecular complexity index is 412. The Morgan fingerprint density at radius 1 is 1.35 bits per heavy atom. The van der Waals surface area contributed by atoms with Crippen LogP contribution in [0.15, 0.2) is 18.2 Å². The van der Waals surface area contributed by atoms with E-state index in [1.165, 1.54) is 19.2 Å². The van der Waals surface area contributed by atoms with Crippen molar-refractivity contribution in [3.05, 3.63) is 29.6 Å². The van der Waals surface area contributed by atoms with E-state index < -0.39 is 30.6 Å². The molecule has 0 unspecified atom stereocenters. The number of Topliss-reactive ketones (excluding diaryl/α,β-unsaturated/α-hetero) is 1. The second-order valence-corrected chi connectivity index (χ2v) is 3.48. The Labute approximate surface area is 95.2 Å². The number of ketones is 1. The second kappa shape index (κ2) is 5.16. The SMILES string of the molecule is COc1ccc(CC(=O)CC(F)(F)F)cc1F. The quantitative estimate of drug-likeness (QED) is 0.768. The second-order valence-electron chi connectivity index (χ2n) is 3.48. The van der Waals surface area contributed by atoms with Crippen LogP contribution in [0.3, 0.4) is 0 Å². The van der Waals surface area contributed by atoms with Crippen molar-refractivity contribution in [3.63, 3.8) is 0 Å². The van der Waals surface area contributed by atoms with Crippen LogP contribution in [-0.4, -0.2) is 19.1 Å². The molecule has 0 aromatic heterocycles. The Morgan fingerprint density at radius 2 is 2.00 bits per heavy atom. The van der Waals surface area contributed by atoms with Crippen molar-refractivity contribution in [3.8, 4) is 5.75 Å². The lowest BCUT2D eigenvalue weighted by Crippen LogP contribution is -2.16. The molecule has 1 rings (SSSR count). The zero-order chi connectivity index (χ0) is 13.1. The molecule has 2 nitrogen and oxygen atoms in total. The minimum absolute atomic E-state index is 0.0166. The summed E-state index contributed by atoms with van der Waals surface area (Å²) in [5, 5.41) is 0. The van der Waals surface area contributed by atoms with Crippen molar-refractivity contribution in [2.24, 2.45) is 0 Å². The number of halogens is 4. The Morgan fingerprint density at radius 3 is 2.47 bits per heavy atom. The third kappa shape index (κ3) is 4.42. The number of ether oxygens (including phenoxy) is 1. The molecule has 0 fully saturated rings. The van der Waals surface area contributed by atoms with Gasteiger partial charge < -0.3 is 4.74 Å². The van der Waals surface area contributed by atoms with E-state index in [1.807, 2.05) is 0 Å². The maximum Gasteiger partial charge on any atom is 0.395 e. The molecule has 0 saturated carbocycles. The molecule has 0 spiro atoms. The summed E-state index contributed by atoms with van der Waals surface area (Å²) >= 11 is 0. The molecule has 0 aliphatic rings. The van der Waals surface area contributed by atoms with Gasteiger partial charge in [0.1, 0.15) is 12.2 Å². The van der Waals surface area contributed by atoms with Crippen LogP contribution in [0.2, 0.25) is 0 Å². The van der Waals surface area contributed by atoms with Crippen molar-refractivity contribution >= 4 is 5.78 Å². The number of hydrogen-bond acceptors (Lipinski definition) is 2. The molecule has 0 saturated heterocycles. The topological polar surface area (TPSA) is 26.3 Å². The van der Waals surface area contributed by atoms with Gasteiger partial charge in [-0.15, -0.1) is 0 Å². The highest BCUT2D eigenvalue weighted by atomic mass is 19.4. The molecule has 0 bridgehead atoms. The van der Waals surface area contributed by atoms with Gasteiger partial charge in [-0.1, -0.05) is 6.07 Å². The van der Waals surface area contributed by atoms with Crippen LogP contribution in [0.25, 0.3) is 0 Å². The lowest BCUT2D eigenvalue weighted by molar-refractivity contribution is -0.151. The molecule has 94 valence electrons. The molecule has 1 aromatic rings. The molecule has 17 heavy (non-hydrogen) atoms. The molecule has 1 aromatic carbocycles. The lowest BCUT2D eigenvalue weighted by atomic mass is 10.1. The standard InChI is InChI=1S/C11H10F4O2/c1-17-10-3-2-7(5-9(10)12)4-8(16)6-11(13,14)15/h2-3,5H,4,6H2,1H3. The van der Waals surface area contributed by atoms with Gasteiger partial charge in [0.05, 0.1) is 7.11 Å². The van der Waals surface area contributed by atoms with Gasteiger partial charge in [0.2, 0.25) is 0 Å². The van der Waals surface area contributed by atoms with Gasteiger partial charge >= 0.3 is 6.18 Å². The number of methoxy groups -OCH3 is 1. The zero-order valence-corrected chi connectivity index (χ0v) is 8.97. The first-order chi connectivity index (χ1) is 7.81. The summed E-state index contributed by atoms with van der Waals surface area (Å²) in [4.78, 5) is 11.0. The molecule has 0 N–H and O–H groups in total. The molecule has 6 heteroatoms. The number of carbonyl (C=O) groups excluding carboxylic acids is 1. The van der Waals surface area contributed by atoms with Gasteiger partial charge in [-0.2, -0.15) is 13.2 Å². The number of alkyl halides is 3. The Kier molecular flexibility index (Phi) is 4.09. The largest absolute Gasteiger partial charge is 0.494 e. The van der Waals surface area contributed by atoms with Crippen molar-refractivity contribution < 1.29 is 27.1 Å².